The van der Waals surface area contributed by atoms with Gasteiger partial charge in [-0.05, 0) is 30.2 Å². The van der Waals surface area contributed by atoms with Crippen molar-refractivity contribution >= 4 is 17.3 Å². The number of ketones is 1. The molecule has 3 aliphatic carbocycles. The lowest BCUT2D eigenvalue weighted by Crippen LogP contribution is -2.21. The lowest BCUT2D eigenvalue weighted by molar-refractivity contribution is -0.122. The fourth-order valence-corrected chi connectivity index (χ4v) is 4.66. The number of aromatic nitrogens is 1. The van der Waals surface area contributed by atoms with Gasteiger partial charge in [-0.1, -0.05) is 60.7 Å². The van der Waals surface area contributed by atoms with E-state index in [1.54, 1.807) is 35.7 Å². The molecule has 0 aromatic rings. The van der Waals surface area contributed by atoms with E-state index in [9.17, 15) is 14.4 Å². The van der Waals surface area contributed by atoms with Crippen LogP contribution >= 0.6 is 0 Å². The summed E-state index contributed by atoms with van der Waals surface area (Å²) in [5.74, 6) is -0.635. The van der Waals surface area contributed by atoms with Crippen LogP contribution in [0.15, 0.2) is 101 Å². The highest BCUT2D eigenvalue weighted by molar-refractivity contribution is 6.13. The number of hydrogen-bond acceptors (Lipinski definition) is 3. The third-order valence-corrected chi connectivity index (χ3v) is 6.24. The van der Waals surface area contributed by atoms with Gasteiger partial charge in [-0.15, -0.1) is 0 Å². The average molecular weight is 422 g/mol. The van der Waals surface area contributed by atoms with Crippen molar-refractivity contribution in [2.75, 3.05) is 7.05 Å². The van der Waals surface area contributed by atoms with Crippen molar-refractivity contribution in [3.05, 3.63) is 112 Å². The molecule has 32 heavy (non-hydrogen) atoms. The third-order valence-electron chi connectivity index (χ3n) is 6.24. The molecule has 1 amide bonds. The summed E-state index contributed by atoms with van der Waals surface area (Å²) < 4.78 is 1.62. The van der Waals surface area contributed by atoms with Gasteiger partial charge in [-0.3, -0.25) is 14.4 Å². The second-order valence-corrected chi connectivity index (χ2v) is 8.08. The predicted molar refractivity (Wildman–Crippen MR) is 125 cm³/mol. The lowest BCUT2D eigenvalue weighted by Gasteiger charge is -2.18. The number of likely N-dealkylation sites (N-methyl/N-ethyl adjacent to an activating group) is 1. The molecule has 0 aromatic heterocycles. The molecule has 0 bridgehead atoms. The second-order valence-electron chi connectivity index (χ2n) is 8.08. The minimum Gasteiger partial charge on any atom is -0.311 e. The van der Waals surface area contributed by atoms with E-state index >= 15 is 0 Å². The first kappa shape index (κ1) is 19.9. The van der Waals surface area contributed by atoms with Crippen LogP contribution in [0.2, 0.25) is 0 Å². The minimum absolute atomic E-state index is 0.107. The molecule has 0 aromatic carbocycles. The van der Waals surface area contributed by atoms with Gasteiger partial charge in [0.25, 0.3) is 11.5 Å². The molecule has 0 saturated carbocycles. The third kappa shape index (κ3) is 2.97. The van der Waals surface area contributed by atoms with Crippen molar-refractivity contribution < 1.29 is 9.59 Å². The Bertz CT molecular complexity index is 1360. The summed E-state index contributed by atoms with van der Waals surface area (Å²) in [7, 11) is 3.50. The zero-order valence-corrected chi connectivity index (χ0v) is 17.9. The molecule has 2 heterocycles. The first-order chi connectivity index (χ1) is 15.5. The largest absolute Gasteiger partial charge is 0.311 e. The van der Waals surface area contributed by atoms with Gasteiger partial charge >= 0.3 is 0 Å². The SMILES string of the molecule is CN1C(=O)C(=C(c2c3cccccc-3n(C)c2=O)C2C=CC(=O)C=C2)C2=CC=CCC=C21. The molecule has 5 aliphatic rings. The number of fused-ring (bicyclic) bond motifs is 2. The van der Waals surface area contributed by atoms with Gasteiger partial charge in [-0.25, -0.2) is 0 Å². The maximum Gasteiger partial charge on any atom is 0.259 e. The van der Waals surface area contributed by atoms with Crippen LogP contribution in [0.4, 0.5) is 0 Å². The summed E-state index contributed by atoms with van der Waals surface area (Å²) in [5, 5.41) is 0. The highest BCUT2D eigenvalue weighted by Gasteiger charge is 2.39. The molecule has 0 atom stereocenters. The van der Waals surface area contributed by atoms with Crippen LogP contribution in [0.3, 0.4) is 0 Å². The van der Waals surface area contributed by atoms with Crippen LogP contribution in [0.1, 0.15) is 12.0 Å². The summed E-state index contributed by atoms with van der Waals surface area (Å²) in [5.41, 5.74) is 4.69. The molecule has 1 saturated heterocycles. The number of allylic oxidation sites excluding steroid dienone is 10. The first-order valence-electron chi connectivity index (χ1n) is 10.6. The van der Waals surface area contributed by atoms with E-state index in [-0.39, 0.29) is 23.2 Å². The van der Waals surface area contributed by atoms with Crippen molar-refractivity contribution in [1.82, 2.24) is 9.47 Å². The Hall–Kier alpha value is -3.99. The van der Waals surface area contributed by atoms with Gasteiger partial charge < -0.3 is 9.47 Å². The fourth-order valence-electron chi connectivity index (χ4n) is 4.66. The summed E-state index contributed by atoms with van der Waals surface area (Å²) in [6.45, 7) is 0. The van der Waals surface area contributed by atoms with Crippen LogP contribution < -0.4 is 5.56 Å². The summed E-state index contributed by atoms with van der Waals surface area (Å²) in [6, 6.07) is 9.51. The van der Waals surface area contributed by atoms with Gasteiger partial charge in [0.05, 0.1) is 16.8 Å². The van der Waals surface area contributed by atoms with Gasteiger partial charge in [-0.2, -0.15) is 0 Å². The number of likely N-dealkylation sites (tertiary alicyclic amines) is 1. The topological polar surface area (TPSA) is 59.4 Å². The quantitative estimate of drug-likeness (QED) is 0.692. The molecular weight excluding hydrogens is 400 g/mol. The highest BCUT2D eigenvalue weighted by atomic mass is 16.2. The minimum atomic E-state index is -0.378. The van der Waals surface area contributed by atoms with E-state index in [2.05, 4.69) is 0 Å². The average Bonchev–Trinajstić information content (AvgIpc) is 3.04. The highest BCUT2D eigenvalue weighted by Crippen LogP contribution is 2.44. The van der Waals surface area contributed by atoms with E-state index in [1.165, 1.54) is 12.2 Å². The zero-order chi connectivity index (χ0) is 22.4. The molecule has 0 radical (unpaired) electrons. The van der Waals surface area contributed by atoms with E-state index < -0.39 is 0 Å². The van der Waals surface area contributed by atoms with Crippen molar-refractivity contribution in [2.24, 2.45) is 13.0 Å². The number of carbonyl (C=O) groups is 2. The van der Waals surface area contributed by atoms with E-state index in [0.717, 1.165) is 28.9 Å². The van der Waals surface area contributed by atoms with Crippen LogP contribution in [0, 0.1) is 5.92 Å². The Morgan fingerprint density at radius 1 is 1.00 bits per heavy atom. The van der Waals surface area contributed by atoms with E-state index in [1.807, 2.05) is 54.6 Å². The normalized spacial score (nSPS) is 19.9. The van der Waals surface area contributed by atoms with Crippen molar-refractivity contribution in [1.29, 1.82) is 0 Å². The molecule has 1 fully saturated rings. The number of nitrogens with zero attached hydrogens (tertiary/aromatic N) is 2. The Morgan fingerprint density at radius 2 is 1.75 bits per heavy atom. The Balaban J connectivity index is 1.90. The van der Waals surface area contributed by atoms with Gasteiger partial charge in [0.15, 0.2) is 5.78 Å². The van der Waals surface area contributed by atoms with Crippen molar-refractivity contribution in [3.8, 4) is 11.3 Å². The Kier molecular flexibility index (Phi) is 4.74. The van der Waals surface area contributed by atoms with Crippen molar-refractivity contribution in [3.63, 3.8) is 0 Å². The van der Waals surface area contributed by atoms with Gasteiger partial charge in [0, 0.05) is 36.8 Å². The molecule has 0 spiro atoms. The standard InChI is InChI=1S/C27H22N2O3/c1-28-21-11-7-3-5-9-19(21)24(26(28)31)23(17-13-15-18(30)16-14-17)25-20-10-6-4-8-12-22(20)29(2)27(25)32/h3-7,9-17H,8H2,1-2H3. The molecule has 158 valence electrons. The summed E-state index contributed by atoms with van der Waals surface area (Å²) >= 11 is 0. The maximum absolute atomic E-state index is 13.6. The number of rotatable bonds is 2. The Morgan fingerprint density at radius 3 is 2.53 bits per heavy atom. The lowest BCUT2D eigenvalue weighted by atomic mass is 9.82. The van der Waals surface area contributed by atoms with Gasteiger partial charge in [0.2, 0.25) is 0 Å². The number of hydrogen-bond donors (Lipinski definition) is 0. The van der Waals surface area contributed by atoms with Crippen LogP contribution in [-0.2, 0) is 16.6 Å². The molecular formula is C27H22N2O3. The molecule has 2 aliphatic heterocycles. The predicted octanol–water partition coefficient (Wildman–Crippen LogP) is 3.80. The van der Waals surface area contributed by atoms with Crippen LogP contribution in [0.5, 0.6) is 0 Å². The molecule has 5 rings (SSSR count). The van der Waals surface area contributed by atoms with E-state index in [4.69, 9.17) is 0 Å². The number of carbonyl (C=O) groups excluding carboxylic acids is 2. The monoisotopic (exact) mass is 422 g/mol. The number of amides is 1. The summed E-state index contributed by atoms with van der Waals surface area (Å²) in [4.78, 5) is 40.6. The molecule has 5 nitrogen and oxygen atoms in total. The van der Waals surface area contributed by atoms with Crippen molar-refractivity contribution in [2.45, 2.75) is 6.42 Å². The second kappa shape index (κ2) is 7.61. The van der Waals surface area contributed by atoms with Crippen LogP contribution in [-0.4, -0.2) is 28.2 Å². The van der Waals surface area contributed by atoms with Gasteiger partial charge in [0.1, 0.15) is 0 Å². The molecule has 5 heteroatoms. The maximum atomic E-state index is 13.6. The van der Waals surface area contributed by atoms with Crippen LogP contribution in [0.25, 0.3) is 16.8 Å². The Labute approximate surface area is 186 Å². The van der Waals surface area contributed by atoms with E-state index in [0.29, 0.717) is 16.7 Å². The smallest absolute Gasteiger partial charge is 0.259 e. The summed E-state index contributed by atoms with van der Waals surface area (Å²) in [6.07, 6.45) is 15.2. The molecule has 0 unspecified atom stereocenters. The first-order valence-corrected chi connectivity index (χ1v) is 10.6. The zero-order valence-electron chi connectivity index (χ0n) is 17.9. The fraction of sp³-hybridized carbons (Fsp3) is 0.148. The molecule has 0 N–H and O–H groups in total.